The van der Waals surface area contributed by atoms with Gasteiger partial charge in [0, 0.05) is 22.7 Å². The number of carbonyl (C=O) groups excluding carboxylic acids is 1. The Labute approximate surface area is 145 Å². The van der Waals surface area contributed by atoms with Gasteiger partial charge in [0.1, 0.15) is 11.5 Å². The predicted molar refractivity (Wildman–Crippen MR) is 95.5 cm³/mol. The Morgan fingerprint density at radius 1 is 1.33 bits per heavy atom. The molecule has 0 saturated carbocycles. The number of nitrogens with zero attached hydrogens (tertiary/aromatic N) is 2. The van der Waals surface area contributed by atoms with E-state index in [4.69, 9.17) is 4.42 Å². The molecular weight excluding hydrogens is 322 g/mol. The van der Waals surface area contributed by atoms with Crippen LogP contribution in [-0.4, -0.2) is 22.2 Å². The molecule has 3 rings (SSSR count). The van der Waals surface area contributed by atoms with Crippen LogP contribution in [0.2, 0.25) is 0 Å². The SMILES string of the molecule is Cc1cc(C(=O)NCCn2nc(C)c(-c3cccs3)c2C)c(C)o1. The third kappa shape index (κ3) is 3.14. The number of aromatic nitrogens is 2. The molecule has 0 aliphatic heterocycles. The number of rotatable bonds is 5. The summed E-state index contributed by atoms with van der Waals surface area (Å²) in [6.45, 7) is 8.89. The maximum Gasteiger partial charge on any atom is 0.254 e. The molecule has 3 heterocycles. The highest BCUT2D eigenvalue weighted by Crippen LogP contribution is 2.30. The molecule has 24 heavy (non-hydrogen) atoms. The Kier molecular flexibility index (Phi) is 4.57. The normalized spacial score (nSPS) is 11.0. The second kappa shape index (κ2) is 6.65. The summed E-state index contributed by atoms with van der Waals surface area (Å²) in [5, 5.41) is 9.62. The average molecular weight is 343 g/mol. The van der Waals surface area contributed by atoms with Crippen molar-refractivity contribution in [3.8, 4) is 10.4 Å². The number of aryl methyl sites for hydroxylation is 3. The highest BCUT2D eigenvalue weighted by Gasteiger charge is 2.15. The molecule has 0 aliphatic rings. The lowest BCUT2D eigenvalue weighted by molar-refractivity contribution is 0.0950. The quantitative estimate of drug-likeness (QED) is 0.765. The molecule has 3 aromatic heterocycles. The molecule has 0 atom stereocenters. The smallest absolute Gasteiger partial charge is 0.254 e. The zero-order valence-corrected chi connectivity index (χ0v) is 15.2. The monoisotopic (exact) mass is 343 g/mol. The third-order valence-electron chi connectivity index (χ3n) is 4.04. The molecular formula is C18H21N3O2S. The van der Waals surface area contributed by atoms with Gasteiger partial charge in [-0.3, -0.25) is 9.48 Å². The average Bonchev–Trinajstić information content (AvgIpc) is 3.21. The van der Waals surface area contributed by atoms with Crippen molar-refractivity contribution >= 4 is 17.2 Å². The molecule has 6 heteroatoms. The van der Waals surface area contributed by atoms with Crippen LogP contribution in [0.5, 0.6) is 0 Å². The van der Waals surface area contributed by atoms with E-state index in [0.717, 1.165) is 17.1 Å². The number of nitrogens with one attached hydrogen (secondary N) is 1. The summed E-state index contributed by atoms with van der Waals surface area (Å²) < 4.78 is 7.36. The van der Waals surface area contributed by atoms with Gasteiger partial charge in [0.15, 0.2) is 0 Å². The zero-order chi connectivity index (χ0) is 17.3. The van der Waals surface area contributed by atoms with Crippen LogP contribution in [0.25, 0.3) is 10.4 Å². The van der Waals surface area contributed by atoms with Gasteiger partial charge in [0.05, 0.1) is 17.8 Å². The van der Waals surface area contributed by atoms with Crippen LogP contribution in [0.1, 0.15) is 33.3 Å². The van der Waals surface area contributed by atoms with Gasteiger partial charge in [0.25, 0.3) is 5.91 Å². The van der Waals surface area contributed by atoms with Crippen molar-refractivity contribution in [1.82, 2.24) is 15.1 Å². The van der Waals surface area contributed by atoms with E-state index >= 15 is 0 Å². The van der Waals surface area contributed by atoms with E-state index in [-0.39, 0.29) is 5.91 Å². The lowest BCUT2D eigenvalue weighted by Gasteiger charge is -2.07. The number of furan rings is 1. The molecule has 1 amide bonds. The summed E-state index contributed by atoms with van der Waals surface area (Å²) in [5.74, 6) is 1.29. The van der Waals surface area contributed by atoms with Crippen LogP contribution >= 0.6 is 11.3 Å². The molecule has 5 nitrogen and oxygen atoms in total. The Morgan fingerprint density at radius 3 is 2.75 bits per heavy atom. The summed E-state index contributed by atoms with van der Waals surface area (Å²) in [5.41, 5.74) is 3.93. The molecule has 0 aromatic carbocycles. The molecule has 3 aromatic rings. The van der Waals surface area contributed by atoms with E-state index in [1.165, 1.54) is 10.4 Å². The summed E-state index contributed by atoms with van der Waals surface area (Å²) >= 11 is 1.71. The topological polar surface area (TPSA) is 60.1 Å². The van der Waals surface area contributed by atoms with Crippen molar-refractivity contribution in [3.05, 3.63) is 52.1 Å². The maximum atomic E-state index is 12.2. The van der Waals surface area contributed by atoms with Crippen molar-refractivity contribution < 1.29 is 9.21 Å². The van der Waals surface area contributed by atoms with E-state index in [9.17, 15) is 4.79 Å². The highest BCUT2D eigenvalue weighted by atomic mass is 32.1. The minimum absolute atomic E-state index is 0.107. The van der Waals surface area contributed by atoms with Crippen LogP contribution in [-0.2, 0) is 6.54 Å². The predicted octanol–water partition coefficient (Wildman–Crippen LogP) is 3.87. The van der Waals surface area contributed by atoms with Crippen molar-refractivity contribution in [2.24, 2.45) is 0 Å². The zero-order valence-electron chi connectivity index (χ0n) is 14.3. The number of hydrogen-bond acceptors (Lipinski definition) is 4. The van der Waals surface area contributed by atoms with Crippen molar-refractivity contribution in [2.75, 3.05) is 6.54 Å². The first kappa shape index (κ1) is 16.5. The fraction of sp³-hybridized carbons (Fsp3) is 0.333. The van der Waals surface area contributed by atoms with Gasteiger partial charge in [0.2, 0.25) is 0 Å². The first-order valence-corrected chi connectivity index (χ1v) is 8.78. The van der Waals surface area contributed by atoms with Gasteiger partial charge in [-0.1, -0.05) is 6.07 Å². The standard InChI is InChI=1S/C18H21N3O2S/c1-11-10-15(14(4)23-11)18(22)19-7-8-21-13(3)17(12(2)20-21)16-6-5-9-24-16/h5-6,9-10H,7-8H2,1-4H3,(H,19,22). The maximum absolute atomic E-state index is 12.2. The highest BCUT2D eigenvalue weighted by molar-refractivity contribution is 7.13. The molecule has 0 saturated heterocycles. The minimum atomic E-state index is -0.107. The Bertz CT molecular complexity index is 859. The van der Waals surface area contributed by atoms with Crippen LogP contribution in [0, 0.1) is 27.7 Å². The van der Waals surface area contributed by atoms with Crippen LogP contribution in [0.15, 0.2) is 28.0 Å². The van der Waals surface area contributed by atoms with E-state index in [1.54, 1.807) is 24.3 Å². The minimum Gasteiger partial charge on any atom is -0.466 e. The van der Waals surface area contributed by atoms with Gasteiger partial charge in [-0.2, -0.15) is 5.10 Å². The van der Waals surface area contributed by atoms with E-state index < -0.39 is 0 Å². The molecule has 0 aliphatic carbocycles. The lowest BCUT2D eigenvalue weighted by Crippen LogP contribution is -2.28. The first-order valence-electron chi connectivity index (χ1n) is 7.90. The first-order chi connectivity index (χ1) is 11.5. The number of thiophene rings is 1. The summed E-state index contributed by atoms with van der Waals surface area (Å²) in [6.07, 6.45) is 0. The van der Waals surface area contributed by atoms with Gasteiger partial charge in [-0.15, -0.1) is 11.3 Å². The largest absolute Gasteiger partial charge is 0.466 e. The van der Waals surface area contributed by atoms with Crippen molar-refractivity contribution in [3.63, 3.8) is 0 Å². The summed E-state index contributed by atoms with van der Waals surface area (Å²) in [4.78, 5) is 13.4. The van der Waals surface area contributed by atoms with Crippen LogP contribution in [0.4, 0.5) is 0 Å². The van der Waals surface area contributed by atoms with E-state index in [0.29, 0.717) is 24.4 Å². The second-order valence-electron chi connectivity index (χ2n) is 5.83. The molecule has 126 valence electrons. The Morgan fingerprint density at radius 2 is 2.12 bits per heavy atom. The number of hydrogen-bond donors (Lipinski definition) is 1. The van der Waals surface area contributed by atoms with Crippen LogP contribution < -0.4 is 5.32 Å². The summed E-state index contributed by atoms with van der Waals surface area (Å²) in [7, 11) is 0. The molecule has 0 bridgehead atoms. The molecule has 0 fully saturated rings. The Hall–Kier alpha value is -2.34. The van der Waals surface area contributed by atoms with Gasteiger partial charge < -0.3 is 9.73 Å². The van der Waals surface area contributed by atoms with Crippen molar-refractivity contribution in [1.29, 1.82) is 0 Å². The fourth-order valence-electron chi connectivity index (χ4n) is 2.92. The summed E-state index contributed by atoms with van der Waals surface area (Å²) in [6, 6.07) is 5.92. The van der Waals surface area contributed by atoms with E-state index in [2.05, 4.69) is 28.8 Å². The number of carbonyl (C=O) groups is 1. The van der Waals surface area contributed by atoms with Gasteiger partial charge >= 0.3 is 0 Å². The van der Waals surface area contributed by atoms with Crippen molar-refractivity contribution in [2.45, 2.75) is 34.2 Å². The van der Waals surface area contributed by atoms with Crippen LogP contribution in [0.3, 0.4) is 0 Å². The number of amides is 1. The van der Waals surface area contributed by atoms with E-state index in [1.807, 2.05) is 24.6 Å². The fourth-order valence-corrected chi connectivity index (χ4v) is 3.79. The third-order valence-corrected chi connectivity index (χ3v) is 4.93. The molecule has 0 spiro atoms. The van der Waals surface area contributed by atoms with Gasteiger partial charge in [-0.05, 0) is 45.2 Å². The molecule has 0 radical (unpaired) electrons. The molecule has 1 N–H and O–H groups in total. The Balaban J connectivity index is 1.66. The second-order valence-corrected chi connectivity index (χ2v) is 6.78. The lowest BCUT2D eigenvalue weighted by atomic mass is 10.1. The van der Waals surface area contributed by atoms with Gasteiger partial charge in [-0.25, -0.2) is 0 Å². The molecule has 0 unspecified atom stereocenters.